The Hall–Kier alpha value is 0.636. The summed E-state index contributed by atoms with van der Waals surface area (Å²) in [6.45, 7) is 0.439. The van der Waals surface area contributed by atoms with Gasteiger partial charge in [0, 0.05) is 0 Å². The molecule has 0 radical (unpaired) electrons. The quantitative estimate of drug-likeness (QED) is 0.327. The molecule has 0 N–H and O–H groups in total. The van der Waals surface area contributed by atoms with Crippen LogP contribution in [0.25, 0.3) is 0 Å². The van der Waals surface area contributed by atoms with Crippen molar-refractivity contribution in [2.45, 2.75) is 42.9 Å². The molecule has 26 heavy (non-hydrogen) atoms. The van der Waals surface area contributed by atoms with Crippen molar-refractivity contribution in [3.8, 4) is 0 Å². The van der Waals surface area contributed by atoms with Crippen LogP contribution in [0.4, 0.5) is 57.1 Å². The summed E-state index contributed by atoms with van der Waals surface area (Å²) >= 11 is 0. The van der Waals surface area contributed by atoms with Crippen LogP contribution in [0.1, 0.15) is 6.92 Å². The molecule has 0 rings (SSSR count). The third-order valence-corrected chi connectivity index (χ3v) is 3.66. The average molecular weight is 468 g/mol. The first-order valence-electron chi connectivity index (χ1n) is 5.41. The van der Waals surface area contributed by atoms with Gasteiger partial charge < -0.3 is 0 Å². The molecule has 0 saturated carbocycles. The van der Waals surface area contributed by atoms with E-state index in [1.54, 1.807) is 0 Å². The summed E-state index contributed by atoms with van der Waals surface area (Å²) in [6.07, 6.45) is -14.6. The van der Waals surface area contributed by atoms with Gasteiger partial charge in [-0.25, -0.2) is 0 Å². The van der Waals surface area contributed by atoms with Gasteiger partial charge in [0.15, 0.2) is 0 Å². The van der Waals surface area contributed by atoms with Crippen molar-refractivity contribution in [3.05, 3.63) is 0 Å². The molecule has 0 unspecified atom stereocenters. The van der Waals surface area contributed by atoms with Gasteiger partial charge in [-0.2, -0.15) is 69.7 Å². The fourth-order valence-corrected chi connectivity index (χ4v) is 1.57. The zero-order chi connectivity index (χ0) is 20.9. The van der Waals surface area contributed by atoms with Crippen LogP contribution in [-0.2, 0) is 14.3 Å². The molecule has 0 aromatic heterocycles. The molecule has 0 aromatic rings. The van der Waals surface area contributed by atoms with Crippen molar-refractivity contribution < 1.29 is 69.7 Å². The first-order chi connectivity index (χ1) is 10.5. The molecule has 0 bridgehead atoms. The van der Waals surface area contributed by atoms with E-state index in [-0.39, 0.29) is 51.4 Å². The number of hydrogen-bond acceptors (Lipinski definition) is 3. The molecule has 0 aromatic carbocycles. The van der Waals surface area contributed by atoms with Gasteiger partial charge in [0.2, 0.25) is 0 Å². The van der Waals surface area contributed by atoms with Gasteiger partial charge in [-0.05, 0) is 6.92 Å². The van der Waals surface area contributed by atoms with Crippen LogP contribution in [0.15, 0.2) is 0 Å². The SMILES string of the molecule is CCS(=O)(=O)OC(F)(F)C(F)(F)C(F)(F)C(F)(F)C(F)(F)C(F)(F)F.[KH]. The second-order valence-corrected chi connectivity index (χ2v) is 6.10. The fourth-order valence-electron chi connectivity index (χ4n) is 1.03. The normalized spacial score (nSPS) is 15.6. The topological polar surface area (TPSA) is 43.4 Å². The van der Waals surface area contributed by atoms with Crippen LogP contribution in [0, 0.1) is 0 Å². The van der Waals surface area contributed by atoms with E-state index in [4.69, 9.17) is 0 Å². The molecule has 0 aliphatic carbocycles. The summed E-state index contributed by atoms with van der Waals surface area (Å²) in [5.74, 6) is -33.5. The molecule has 0 aliphatic heterocycles. The number of rotatable bonds is 7. The molecule has 18 heteroatoms. The van der Waals surface area contributed by atoms with Crippen LogP contribution in [0.2, 0.25) is 0 Å². The molecule has 0 saturated heterocycles. The zero-order valence-electron chi connectivity index (χ0n) is 11.3. The number of halogens is 13. The summed E-state index contributed by atoms with van der Waals surface area (Å²) in [4.78, 5) is 0. The third kappa shape index (κ3) is 4.61. The van der Waals surface area contributed by atoms with E-state index in [0.717, 1.165) is 0 Å². The van der Waals surface area contributed by atoms with Crippen molar-refractivity contribution in [2.75, 3.05) is 5.75 Å². The Morgan fingerprint density at radius 1 is 0.654 bits per heavy atom. The Balaban J connectivity index is 0. The molecule has 154 valence electrons. The fraction of sp³-hybridized carbons (Fsp3) is 1.00. The Kier molecular flexibility index (Phi) is 8.66. The van der Waals surface area contributed by atoms with E-state index in [1.807, 2.05) is 0 Å². The molecule has 3 nitrogen and oxygen atoms in total. The van der Waals surface area contributed by atoms with Gasteiger partial charge in [0.1, 0.15) is 0 Å². The summed E-state index contributed by atoms with van der Waals surface area (Å²) in [5.41, 5.74) is 0. The summed E-state index contributed by atoms with van der Waals surface area (Å²) in [6, 6.07) is 0. The van der Waals surface area contributed by atoms with Crippen LogP contribution >= 0.6 is 0 Å². The van der Waals surface area contributed by atoms with Gasteiger partial charge >= 0.3 is 87.4 Å². The first-order valence-corrected chi connectivity index (χ1v) is 6.98. The van der Waals surface area contributed by atoms with E-state index < -0.39 is 51.8 Å². The third-order valence-electron chi connectivity index (χ3n) is 2.49. The monoisotopic (exact) mass is 468 g/mol. The molecule has 0 heterocycles. The summed E-state index contributed by atoms with van der Waals surface area (Å²) in [7, 11) is -5.75. The van der Waals surface area contributed by atoms with Crippen LogP contribution in [0.3, 0.4) is 0 Å². The summed E-state index contributed by atoms with van der Waals surface area (Å²) < 4.78 is 187. The van der Waals surface area contributed by atoms with Crippen molar-refractivity contribution in [1.82, 2.24) is 0 Å². The average Bonchev–Trinajstić information content (AvgIpc) is 2.35. The maximum atomic E-state index is 13.0. The van der Waals surface area contributed by atoms with Gasteiger partial charge in [-0.15, -0.1) is 0 Å². The van der Waals surface area contributed by atoms with Gasteiger partial charge in [-0.3, -0.25) is 0 Å². The van der Waals surface area contributed by atoms with Crippen LogP contribution < -0.4 is 0 Å². The van der Waals surface area contributed by atoms with E-state index in [0.29, 0.717) is 6.92 Å². The Labute approximate surface area is 178 Å². The Bertz CT molecular complexity index is 597. The van der Waals surface area contributed by atoms with Crippen molar-refractivity contribution in [2.24, 2.45) is 0 Å². The van der Waals surface area contributed by atoms with E-state index in [1.165, 1.54) is 0 Å². The molecule has 0 amide bonds. The van der Waals surface area contributed by atoms with Gasteiger partial charge in [0.05, 0.1) is 5.75 Å². The predicted molar refractivity (Wildman–Crippen MR) is 58.5 cm³/mol. The summed E-state index contributed by atoms with van der Waals surface area (Å²) in [5, 5.41) is 0. The number of alkyl halides is 13. The van der Waals surface area contributed by atoms with Crippen LogP contribution in [-0.4, -0.2) is 102 Å². The molecular weight excluding hydrogens is 462 g/mol. The van der Waals surface area contributed by atoms with Crippen LogP contribution in [0.5, 0.6) is 0 Å². The van der Waals surface area contributed by atoms with E-state index >= 15 is 0 Å². The zero-order valence-corrected chi connectivity index (χ0v) is 12.1. The van der Waals surface area contributed by atoms with Crippen molar-refractivity contribution in [3.63, 3.8) is 0 Å². The standard InChI is InChI=1S/C8H5F13O3S.K.H/c1-2-25(22,23)24-8(20,21)6(15,16)4(11,12)3(9,10)5(13,14)7(17,18)19;;/h2H2,1H3;;. The predicted octanol–water partition coefficient (Wildman–Crippen LogP) is 3.40. The Morgan fingerprint density at radius 3 is 1.23 bits per heavy atom. The molecule has 0 atom stereocenters. The molecule has 0 aliphatic rings. The first kappa shape index (κ1) is 28.8. The van der Waals surface area contributed by atoms with Gasteiger partial charge in [-0.1, -0.05) is 0 Å². The minimum atomic E-state index is -8.11. The Morgan fingerprint density at radius 2 is 0.962 bits per heavy atom. The van der Waals surface area contributed by atoms with Gasteiger partial charge in [0.25, 0.3) is 10.1 Å². The van der Waals surface area contributed by atoms with Crippen molar-refractivity contribution >= 4 is 61.5 Å². The van der Waals surface area contributed by atoms with E-state index in [2.05, 4.69) is 4.18 Å². The molecular formula is C8H6F13KO3S. The second-order valence-electron chi connectivity index (χ2n) is 4.24. The maximum absolute atomic E-state index is 13.0. The minimum absolute atomic E-state index is 0. The molecule has 0 spiro atoms. The number of hydrogen-bond donors (Lipinski definition) is 0. The van der Waals surface area contributed by atoms with Crippen molar-refractivity contribution in [1.29, 1.82) is 0 Å². The second kappa shape index (κ2) is 7.81. The molecule has 0 fully saturated rings. The van der Waals surface area contributed by atoms with E-state index in [9.17, 15) is 65.5 Å².